The molecular formula is C14H17ClN2O. The molecule has 1 aliphatic rings. The maximum Gasteiger partial charge on any atom is 0.246 e. The molecule has 0 spiro atoms. The van der Waals surface area contributed by atoms with Gasteiger partial charge in [0.15, 0.2) is 0 Å². The molecule has 0 bridgehead atoms. The van der Waals surface area contributed by atoms with Gasteiger partial charge in [0.1, 0.15) is 0 Å². The lowest BCUT2D eigenvalue weighted by Crippen LogP contribution is -2.46. The van der Waals surface area contributed by atoms with Crippen molar-refractivity contribution in [2.45, 2.75) is 0 Å². The first-order chi connectivity index (χ1) is 8.65. The van der Waals surface area contributed by atoms with E-state index in [0.29, 0.717) is 5.02 Å². The Bertz CT molecular complexity index is 451. The lowest BCUT2D eigenvalue weighted by Gasteiger charge is -2.31. The molecule has 0 aliphatic carbocycles. The van der Waals surface area contributed by atoms with Gasteiger partial charge in [0.05, 0.1) is 0 Å². The summed E-state index contributed by atoms with van der Waals surface area (Å²) in [6.45, 7) is 3.48. The number of nitrogens with zero attached hydrogens (tertiary/aromatic N) is 2. The highest BCUT2D eigenvalue weighted by Gasteiger charge is 2.16. The molecule has 0 N–H and O–H groups in total. The Morgan fingerprint density at radius 3 is 2.67 bits per heavy atom. The molecule has 1 saturated heterocycles. The van der Waals surface area contributed by atoms with Crippen molar-refractivity contribution < 1.29 is 4.79 Å². The number of likely N-dealkylation sites (N-methyl/N-ethyl adjacent to an activating group) is 1. The average Bonchev–Trinajstić information content (AvgIpc) is 2.37. The molecule has 96 valence electrons. The summed E-state index contributed by atoms with van der Waals surface area (Å²) in [5, 5.41) is 0.684. The molecule has 0 radical (unpaired) electrons. The smallest absolute Gasteiger partial charge is 0.246 e. The molecule has 0 unspecified atom stereocenters. The molecule has 1 aromatic carbocycles. The summed E-state index contributed by atoms with van der Waals surface area (Å²) < 4.78 is 0. The van der Waals surface area contributed by atoms with Gasteiger partial charge in [-0.3, -0.25) is 4.79 Å². The van der Waals surface area contributed by atoms with Crippen LogP contribution >= 0.6 is 11.6 Å². The van der Waals surface area contributed by atoms with Crippen LogP contribution in [0.25, 0.3) is 6.08 Å². The first-order valence-electron chi connectivity index (χ1n) is 6.06. The number of hydrogen-bond donors (Lipinski definition) is 0. The molecule has 2 rings (SSSR count). The van der Waals surface area contributed by atoms with Crippen LogP contribution in [0.15, 0.2) is 30.3 Å². The Morgan fingerprint density at radius 1 is 1.28 bits per heavy atom. The Balaban J connectivity index is 1.94. The highest BCUT2D eigenvalue weighted by molar-refractivity contribution is 6.30. The largest absolute Gasteiger partial charge is 0.337 e. The molecule has 1 aromatic rings. The van der Waals surface area contributed by atoms with E-state index in [1.54, 1.807) is 6.08 Å². The number of benzene rings is 1. The highest BCUT2D eigenvalue weighted by Crippen LogP contribution is 2.12. The number of halogens is 1. The third kappa shape index (κ3) is 3.59. The van der Waals surface area contributed by atoms with Gasteiger partial charge in [0.2, 0.25) is 5.91 Å². The zero-order valence-electron chi connectivity index (χ0n) is 10.5. The van der Waals surface area contributed by atoms with Crippen molar-refractivity contribution in [3.63, 3.8) is 0 Å². The van der Waals surface area contributed by atoms with Gasteiger partial charge in [-0.05, 0) is 30.8 Å². The molecule has 1 aliphatic heterocycles. The Morgan fingerprint density at radius 2 is 2.00 bits per heavy atom. The maximum atomic E-state index is 12.0. The predicted molar refractivity (Wildman–Crippen MR) is 74.6 cm³/mol. The Labute approximate surface area is 113 Å². The van der Waals surface area contributed by atoms with E-state index in [0.717, 1.165) is 31.7 Å². The molecule has 4 heteroatoms. The third-order valence-electron chi connectivity index (χ3n) is 3.08. The maximum absolute atomic E-state index is 12.0. The molecular weight excluding hydrogens is 248 g/mol. The molecule has 1 amide bonds. The lowest BCUT2D eigenvalue weighted by atomic mass is 10.2. The quantitative estimate of drug-likeness (QED) is 0.764. The van der Waals surface area contributed by atoms with Crippen LogP contribution in [0, 0.1) is 0 Å². The van der Waals surface area contributed by atoms with Gasteiger partial charge in [-0.15, -0.1) is 0 Å². The minimum Gasteiger partial charge on any atom is -0.337 e. The standard InChI is InChI=1S/C14H17ClN2O/c1-16-7-9-17(10-8-16)14(18)6-5-12-3-2-4-13(15)11-12/h2-6,11H,7-10H2,1H3. The van der Waals surface area contributed by atoms with E-state index in [4.69, 9.17) is 11.6 Å². The van der Waals surface area contributed by atoms with E-state index in [1.807, 2.05) is 35.2 Å². The number of carbonyl (C=O) groups excluding carboxylic acids is 1. The first-order valence-corrected chi connectivity index (χ1v) is 6.44. The number of piperazine rings is 1. The van der Waals surface area contributed by atoms with Crippen molar-refractivity contribution in [3.05, 3.63) is 40.9 Å². The van der Waals surface area contributed by atoms with E-state index >= 15 is 0 Å². The zero-order valence-corrected chi connectivity index (χ0v) is 11.2. The minimum atomic E-state index is 0.0723. The first kappa shape index (κ1) is 13.1. The van der Waals surface area contributed by atoms with Crippen LogP contribution in [0.5, 0.6) is 0 Å². The summed E-state index contributed by atoms with van der Waals surface area (Å²) >= 11 is 5.89. The van der Waals surface area contributed by atoms with E-state index in [1.165, 1.54) is 0 Å². The highest BCUT2D eigenvalue weighted by atomic mass is 35.5. The van der Waals surface area contributed by atoms with Crippen LogP contribution in [-0.4, -0.2) is 48.9 Å². The van der Waals surface area contributed by atoms with Gasteiger partial charge < -0.3 is 9.80 Å². The monoisotopic (exact) mass is 264 g/mol. The zero-order chi connectivity index (χ0) is 13.0. The van der Waals surface area contributed by atoms with E-state index < -0.39 is 0 Å². The van der Waals surface area contributed by atoms with Crippen molar-refractivity contribution in [1.29, 1.82) is 0 Å². The molecule has 1 heterocycles. The topological polar surface area (TPSA) is 23.6 Å². The fourth-order valence-corrected chi connectivity index (χ4v) is 2.11. The van der Waals surface area contributed by atoms with Crippen LogP contribution < -0.4 is 0 Å². The van der Waals surface area contributed by atoms with Crippen molar-refractivity contribution in [2.24, 2.45) is 0 Å². The minimum absolute atomic E-state index is 0.0723. The van der Waals surface area contributed by atoms with Crippen LogP contribution in [-0.2, 0) is 4.79 Å². The normalized spacial score (nSPS) is 17.3. The van der Waals surface area contributed by atoms with Crippen LogP contribution in [0.4, 0.5) is 0 Å². The van der Waals surface area contributed by atoms with Crippen molar-refractivity contribution >= 4 is 23.6 Å². The second-order valence-electron chi connectivity index (χ2n) is 4.52. The summed E-state index contributed by atoms with van der Waals surface area (Å²) in [4.78, 5) is 16.1. The van der Waals surface area contributed by atoms with E-state index in [2.05, 4.69) is 11.9 Å². The number of rotatable bonds is 2. The Kier molecular flexibility index (Phi) is 4.39. The summed E-state index contributed by atoms with van der Waals surface area (Å²) in [7, 11) is 2.07. The fraction of sp³-hybridized carbons (Fsp3) is 0.357. The number of amides is 1. The second kappa shape index (κ2) is 6.03. The summed E-state index contributed by atoms with van der Waals surface area (Å²) in [5.74, 6) is 0.0723. The van der Waals surface area contributed by atoms with Crippen molar-refractivity contribution in [1.82, 2.24) is 9.80 Å². The van der Waals surface area contributed by atoms with Gasteiger partial charge >= 0.3 is 0 Å². The third-order valence-corrected chi connectivity index (χ3v) is 3.32. The van der Waals surface area contributed by atoms with Crippen molar-refractivity contribution in [2.75, 3.05) is 33.2 Å². The summed E-state index contributed by atoms with van der Waals surface area (Å²) in [5.41, 5.74) is 0.949. The number of hydrogen-bond acceptors (Lipinski definition) is 2. The van der Waals surface area contributed by atoms with Gasteiger partial charge in [-0.2, -0.15) is 0 Å². The van der Waals surface area contributed by atoms with E-state index in [-0.39, 0.29) is 5.91 Å². The van der Waals surface area contributed by atoms with Crippen LogP contribution in [0.2, 0.25) is 5.02 Å². The fourth-order valence-electron chi connectivity index (χ4n) is 1.91. The van der Waals surface area contributed by atoms with Crippen LogP contribution in [0.1, 0.15) is 5.56 Å². The van der Waals surface area contributed by atoms with Gasteiger partial charge in [0.25, 0.3) is 0 Å². The van der Waals surface area contributed by atoms with Crippen LogP contribution in [0.3, 0.4) is 0 Å². The second-order valence-corrected chi connectivity index (χ2v) is 4.95. The molecule has 0 atom stereocenters. The average molecular weight is 265 g/mol. The summed E-state index contributed by atoms with van der Waals surface area (Å²) in [6, 6.07) is 7.47. The molecule has 1 fully saturated rings. The van der Waals surface area contributed by atoms with Gasteiger partial charge in [-0.1, -0.05) is 23.7 Å². The Hall–Kier alpha value is -1.32. The SMILES string of the molecule is CN1CCN(C(=O)C=Cc2cccc(Cl)c2)CC1. The van der Waals surface area contributed by atoms with Crippen molar-refractivity contribution in [3.8, 4) is 0 Å². The molecule has 3 nitrogen and oxygen atoms in total. The molecule has 18 heavy (non-hydrogen) atoms. The predicted octanol–water partition coefficient (Wildman–Crippen LogP) is 2.13. The van der Waals surface area contributed by atoms with Gasteiger partial charge in [-0.25, -0.2) is 0 Å². The lowest BCUT2D eigenvalue weighted by molar-refractivity contribution is -0.127. The summed E-state index contributed by atoms with van der Waals surface area (Å²) in [6.07, 6.45) is 3.43. The molecule has 0 saturated carbocycles. The van der Waals surface area contributed by atoms with Gasteiger partial charge in [0, 0.05) is 37.3 Å². The number of carbonyl (C=O) groups is 1. The van der Waals surface area contributed by atoms with E-state index in [9.17, 15) is 4.79 Å². The molecule has 0 aromatic heterocycles.